The highest BCUT2D eigenvalue weighted by Gasteiger charge is 2.32. The van der Waals surface area contributed by atoms with Crippen LogP contribution in [0.4, 0.5) is 16.2 Å². The van der Waals surface area contributed by atoms with Crippen LogP contribution in [0, 0.1) is 33.6 Å². The summed E-state index contributed by atoms with van der Waals surface area (Å²) in [6.07, 6.45) is -0.661. The van der Waals surface area contributed by atoms with Crippen LogP contribution in [-0.2, 0) is 21.2 Å². The van der Waals surface area contributed by atoms with Crippen molar-refractivity contribution in [1.82, 2.24) is 20.1 Å². The molecule has 1 aromatic carbocycles. The molecule has 0 unspecified atom stereocenters. The predicted octanol–water partition coefficient (Wildman–Crippen LogP) is 3.01. The van der Waals surface area contributed by atoms with Crippen LogP contribution in [0.2, 0.25) is 0 Å². The zero-order chi connectivity index (χ0) is 31.6. The van der Waals surface area contributed by atoms with Crippen molar-refractivity contribution in [2.24, 2.45) is 5.92 Å². The first-order chi connectivity index (χ1) is 20.2. The molecule has 1 aliphatic rings. The maximum Gasteiger partial charge on any atom is 0.321 e. The Morgan fingerprint density at radius 1 is 1.16 bits per heavy atom. The van der Waals surface area contributed by atoms with E-state index in [9.17, 15) is 23.1 Å². The number of aliphatic hydroxyl groups excluding tert-OH is 1. The fourth-order valence-corrected chi connectivity index (χ4v) is 6.37. The van der Waals surface area contributed by atoms with Gasteiger partial charge in [-0.15, -0.1) is 0 Å². The Hall–Kier alpha value is -4.11. The van der Waals surface area contributed by atoms with Crippen molar-refractivity contribution < 1.29 is 36.9 Å². The summed E-state index contributed by atoms with van der Waals surface area (Å²) in [5.41, 5.74) is 1.93. The minimum absolute atomic E-state index is 0.0573. The van der Waals surface area contributed by atoms with E-state index in [4.69, 9.17) is 13.8 Å². The number of rotatable bonds is 8. The Labute approximate surface area is 250 Å². The number of carbonyl (C=O) groups excluding carboxylic acids is 2. The van der Waals surface area contributed by atoms with Crippen LogP contribution >= 0.6 is 0 Å². The molecule has 0 aliphatic carbocycles. The molecule has 0 saturated heterocycles. The molecule has 0 bridgehead atoms. The number of hydrogen-bond acceptors (Lipinski definition) is 10. The molecule has 3 amide bonds. The summed E-state index contributed by atoms with van der Waals surface area (Å²) in [5, 5.41) is 20.3. The number of nitrogens with one attached hydrogen (secondary N) is 2. The van der Waals surface area contributed by atoms with Crippen LogP contribution < -0.4 is 14.8 Å². The molecule has 0 spiro atoms. The number of hydrogen-bond donors (Lipinski definition) is 3. The summed E-state index contributed by atoms with van der Waals surface area (Å²) >= 11 is 0. The zero-order valence-electron chi connectivity index (χ0n) is 25.3. The first kappa shape index (κ1) is 31.8. The maximum absolute atomic E-state index is 13.5. The lowest BCUT2D eigenvalue weighted by Gasteiger charge is -2.34. The van der Waals surface area contributed by atoms with Gasteiger partial charge < -0.3 is 34.0 Å². The van der Waals surface area contributed by atoms with Gasteiger partial charge in [-0.3, -0.25) is 9.52 Å². The van der Waals surface area contributed by atoms with Gasteiger partial charge in [0.15, 0.2) is 16.4 Å². The van der Waals surface area contributed by atoms with E-state index in [0.717, 1.165) is 0 Å². The summed E-state index contributed by atoms with van der Waals surface area (Å²) in [6, 6.07) is 3.82. The number of ether oxygens (including phenoxy) is 1. The van der Waals surface area contributed by atoms with E-state index in [1.807, 2.05) is 6.92 Å². The second-order valence-corrected chi connectivity index (χ2v) is 12.6. The van der Waals surface area contributed by atoms with Crippen molar-refractivity contribution in [2.75, 3.05) is 36.8 Å². The van der Waals surface area contributed by atoms with Gasteiger partial charge in [0, 0.05) is 30.8 Å². The highest BCUT2D eigenvalue weighted by Crippen LogP contribution is 2.31. The van der Waals surface area contributed by atoms with E-state index in [-0.39, 0.29) is 60.0 Å². The number of sulfonamides is 1. The van der Waals surface area contributed by atoms with Crippen molar-refractivity contribution >= 4 is 33.3 Å². The molecule has 15 heteroatoms. The summed E-state index contributed by atoms with van der Waals surface area (Å²) in [6.45, 7) is 10.3. The molecule has 3 heterocycles. The van der Waals surface area contributed by atoms with Crippen molar-refractivity contribution in [3.05, 3.63) is 46.7 Å². The lowest BCUT2D eigenvalue weighted by atomic mass is 10.0. The second kappa shape index (κ2) is 12.6. The Balaban J connectivity index is 1.64. The molecular formula is C28H38N6O8S. The smallest absolute Gasteiger partial charge is 0.321 e. The number of urea groups is 1. The summed E-state index contributed by atoms with van der Waals surface area (Å²) < 4.78 is 45.4. The fraction of sp³-hybridized carbons (Fsp3) is 0.500. The Kier molecular flexibility index (Phi) is 9.35. The van der Waals surface area contributed by atoms with Gasteiger partial charge in [-0.1, -0.05) is 17.2 Å². The number of carbonyl (C=O) groups is 2. The number of anilines is 2. The van der Waals surface area contributed by atoms with Crippen LogP contribution in [-0.4, -0.2) is 84.5 Å². The quantitative estimate of drug-likeness (QED) is 0.340. The van der Waals surface area contributed by atoms with Gasteiger partial charge in [-0.2, -0.15) is 0 Å². The number of amides is 3. The molecule has 1 aliphatic heterocycles. The molecule has 234 valence electrons. The van der Waals surface area contributed by atoms with E-state index in [0.29, 0.717) is 28.5 Å². The maximum atomic E-state index is 13.5. The van der Waals surface area contributed by atoms with E-state index in [2.05, 4.69) is 20.4 Å². The average molecular weight is 619 g/mol. The average Bonchev–Trinajstić information content (AvgIpc) is 3.47. The normalized spacial score (nSPS) is 18.1. The molecule has 3 N–H and O–H groups in total. The molecule has 3 aromatic rings. The second-order valence-electron chi connectivity index (χ2n) is 11.0. The Bertz CT molecular complexity index is 1560. The number of fused-ring (bicyclic) bond motifs is 1. The third-order valence-corrected chi connectivity index (χ3v) is 9.10. The summed E-state index contributed by atoms with van der Waals surface area (Å²) in [5.74, 6) is 0.501. The SMILES string of the molecule is Cc1noc(C)c1NC(=O)N(C)C[C@H]1Oc2ccc(NS(=O)(=O)c3c(C)noc3C)cc2CC(=O)N([C@@H](C)CO)C[C@@H]1C. The van der Waals surface area contributed by atoms with Gasteiger partial charge in [0.2, 0.25) is 5.91 Å². The lowest BCUT2D eigenvalue weighted by Crippen LogP contribution is -2.48. The number of nitrogens with zero attached hydrogens (tertiary/aromatic N) is 4. The highest BCUT2D eigenvalue weighted by atomic mass is 32.2. The Morgan fingerprint density at radius 3 is 2.44 bits per heavy atom. The van der Waals surface area contributed by atoms with E-state index < -0.39 is 28.2 Å². The number of aryl methyl sites for hydroxylation is 4. The molecule has 3 atom stereocenters. The minimum Gasteiger partial charge on any atom is -0.488 e. The summed E-state index contributed by atoms with van der Waals surface area (Å²) in [4.78, 5) is 29.6. The molecule has 2 aromatic heterocycles. The first-order valence-corrected chi connectivity index (χ1v) is 15.3. The first-order valence-electron chi connectivity index (χ1n) is 13.8. The minimum atomic E-state index is -4.03. The molecular weight excluding hydrogens is 580 g/mol. The van der Waals surface area contributed by atoms with Crippen LogP contribution in [0.25, 0.3) is 0 Å². The third-order valence-electron chi connectivity index (χ3n) is 7.47. The van der Waals surface area contributed by atoms with Gasteiger partial charge in [-0.05, 0) is 52.8 Å². The number of likely N-dealkylation sites (N-methyl/N-ethyl adjacent to an activating group) is 1. The third kappa shape index (κ3) is 6.94. The van der Waals surface area contributed by atoms with Gasteiger partial charge in [0.05, 0.1) is 25.6 Å². The van der Waals surface area contributed by atoms with Crippen LogP contribution in [0.1, 0.15) is 42.3 Å². The molecule has 43 heavy (non-hydrogen) atoms. The van der Waals surface area contributed by atoms with Crippen LogP contribution in [0.15, 0.2) is 32.1 Å². The van der Waals surface area contributed by atoms with Crippen LogP contribution in [0.5, 0.6) is 5.75 Å². The monoisotopic (exact) mass is 618 g/mol. The number of benzene rings is 1. The molecule has 14 nitrogen and oxygen atoms in total. The van der Waals surface area contributed by atoms with Crippen molar-refractivity contribution in [3.8, 4) is 5.75 Å². The van der Waals surface area contributed by atoms with Crippen molar-refractivity contribution in [2.45, 2.75) is 65.0 Å². The van der Waals surface area contributed by atoms with Gasteiger partial charge in [0.25, 0.3) is 10.0 Å². The predicted molar refractivity (Wildman–Crippen MR) is 156 cm³/mol. The van der Waals surface area contributed by atoms with E-state index in [1.165, 1.54) is 18.7 Å². The fourth-order valence-electron chi connectivity index (χ4n) is 4.99. The van der Waals surface area contributed by atoms with Crippen molar-refractivity contribution in [3.63, 3.8) is 0 Å². The van der Waals surface area contributed by atoms with Gasteiger partial charge in [-0.25, -0.2) is 13.2 Å². The topological polar surface area (TPSA) is 180 Å². The van der Waals surface area contributed by atoms with Gasteiger partial charge >= 0.3 is 6.03 Å². The molecule has 0 fully saturated rings. The van der Waals surface area contributed by atoms with E-state index >= 15 is 0 Å². The standard InChI is InChI=1S/C28H38N6O8S/c1-15-12-34(16(2)14-35)25(36)11-21-10-22(32-43(38,39)27-18(4)31-42-20(27)6)8-9-23(21)40-24(15)13-33(7)28(37)29-26-17(3)30-41-19(26)5/h8-10,15-16,24,32,35H,11-14H2,1-7H3,(H,29,37)/t15-,16-,24+/m0/s1. The highest BCUT2D eigenvalue weighted by molar-refractivity contribution is 7.92. The largest absolute Gasteiger partial charge is 0.488 e. The van der Waals surface area contributed by atoms with Gasteiger partial charge in [0.1, 0.15) is 28.9 Å². The zero-order valence-corrected chi connectivity index (χ0v) is 26.1. The number of aromatic nitrogens is 2. The molecule has 0 saturated carbocycles. The van der Waals surface area contributed by atoms with Crippen molar-refractivity contribution in [1.29, 1.82) is 0 Å². The summed E-state index contributed by atoms with van der Waals surface area (Å²) in [7, 11) is -2.41. The Morgan fingerprint density at radius 2 is 1.84 bits per heavy atom. The van der Waals surface area contributed by atoms with Crippen LogP contribution in [0.3, 0.4) is 0 Å². The van der Waals surface area contributed by atoms with E-state index in [1.54, 1.807) is 50.9 Å². The number of aliphatic hydroxyl groups is 1. The lowest BCUT2D eigenvalue weighted by molar-refractivity contribution is -0.134. The molecule has 4 rings (SSSR count). The molecule has 0 radical (unpaired) electrons.